The normalized spacial score (nSPS) is 18.3. The van der Waals surface area contributed by atoms with Gasteiger partial charge >= 0.3 is 5.97 Å². The highest BCUT2D eigenvalue weighted by Crippen LogP contribution is 2.50. The van der Waals surface area contributed by atoms with Crippen LogP contribution in [-0.4, -0.2) is 38.5 Å². The second kappa shape index (κ2) is 22.8. The van der Waals surface area contributed by atoms with Crippen molar-refractivity contribution in [1.29, 1.82) is 0 Å². The summed E-state index contributed by atoms with van der Waals surface area (Å²) in [7, 11) is 0. The summed E-state index contributed by atoms with van der Waals surface area (Å²) in [4.78, 5) is 11.7. The summed E-state index contributed by atoms with van der Waals surface area (Å²) in [5, 5.41) is 32.6. The number of rotatable bonds is 18. The zero-order valence-electron chi connectivity index (χ0n) is 38.5. The van der Waals surface area contributed by atoms with Gasteiger partial charge in [-0.2, -0.15) is 0 Å². The van der Waals surface area contributed by atoms with E-state index in [0.717, 1.165) is 35.1 Å². The SMILES string of the molecule is CCC(=O)OC1=CC(C(C)(C)C)C(O)(CCO)C(C(C)(C)C)=C1.CCCCCCCCCCCCCC(OC(C)=S)c1cc(C(C)(C)C)c(O)c(C(C)(C)C)c1. The number of phenolic OH excluding ortho intramolecular Hbond substituents is 1. The van der Waals surface area contributed by atoms with E-state index in [9.17, 15) is 20.1 Å². The largest absolute Gasteiger partial charge is 0.507 e. The van der Waals surface area contributed by atoms with E-state index >= 15 is 0 Å². The summed E-state index contributed by atoms with van der Waals surface area (Å²) in [5.74, 6) is 0.359. The number of thiocarbonyl (C=S) groups is 1. The van der Waals surface area contributed by atoms with Crippen molar-refractivity contribution in [2.45, 2.75) is 216 Å². The number of allylic oxidation sites excluding steroid dienone is 1. The third-order valence-corrected chi connectivity index (χ3v) is 10.9. The lowest BCUT2D eigenvalue weighted by atomic mass is 9.60. The summed E-state index contributed by atoms with van der Waals surface area (Å²) in [5.41, 5.74) is 1.89. The van der Waals surface area contributed by atoms with E-state index in [1.165, 1.54) is 64.2 Å². The second-order valence-corrected chi connectivity index (χ2v) is 20.9. The summed E-state index contributed by atoms with van der Waals surface area (Å²) in [6.07, 6.45) is 19.8. The standard InChI is InChI=1S/C30H52O2S.C19H32O4/c1-9-10-11-12-13-14-15-16-17-18-19-20-27(32-23(2)33)24-21-25(29(3,4)5)28(31)26(22-24)30(6,7)8;1-8-16(21)23-13-11-14(17(2,3)4)19(22,9-10-20)15(12-13)18(5,6)7/h21-22,27,31H,9-20H2,1-8H3;11-12,14,20,22H,8-10H2,1-7H3. The highest BCUT2D eigenvalue weighted by atomic mass is 32.1. The maximum absolute atomic E-state index is 11.7. The Balaban J connectivity index is 0.000000597. The summed E-state index contributed by atoms with van der Waals surface area (Å²) >= 11 is 5.33. The van der Waals surface area contributed by atoms with Gasteiger partial charge in [-0.05, 0) is 93.3 Å². The number of unbranched alkanes of at least 4 members (excludes halogenated alkanes) is 10. The van der Waals surface area contributed by atoms with Gasteiger partial charge in [0.2, 0.25) is 0 Å². The van der Waals surface area contributed by atoms with E-state index < -0.39 is 5.60 Å². The molecular weight excluding hydrogens is 717 g/mol. The predicted octanol–water partition coefficient (Wildman–Crippen LogP) is 13.7. The molecule has 1 aliphatic rings. The van der Waals surface area contributed by atoms with Gasteiger partial charge in [-0.1, -0.05) is 161 Å². The van der Waals surface area contributed by atoms with Gasteiger partial charge in [0.05, 0.1) is 5.60 Å². The molecule has 0 aromatic heterocycles. The van der Waals surface area contributed by atoms with Crippen LogP contribution in [0.1, 0.15) is 217 Å². The van der Waals surface area contributed by atoms with Gasteiger partial charge in [0.25, 0.3) is 0 Å². The quantitative estimate of drug-likeness (QED) is 0.0773. The van der Waals surface area contributed by atoms with Gasteiger partial charge in [0.15, 0.2) is 5.05 Å². The van der Waals surface area contributed by atoms with Crippen LogP contribution in [0.25, 0.3) is 0 Å². The molecule has 1 aromatic carbocycles. The Morgan fingerprint density at radius 1 is 0.786 bits per heavy atom. The molecule has 2 rings (SSSR count). The number of hydrogen-bond acceptors (Lipinski definition) is 7. The molecule has 1 aromatic rings. The Morgan fingerprint density at radius 2 is 1.25 bits per heavy atom. The zero-order valence-corrected chi connectivity index (χ0v) is 39.4. The van der Waals surface area contributed by atoms with Crippen molar-refractivity contribution in [3.63, 3.8) is 0 Å². The fraction of sp³-hybridized carbons (Fsp3) is 0.755. The van der Waals surface area contributed by atoms with Gasteiger partial charge in [-0.15, -0.1) is 0 Å². The van der Waals surface area contributed by atoms with Gasteiger partial charge in [-0.3, -0.25) is 4.79 Å². The number of esters is 1. The molecular formula is C49H84O6S. The average molecular weight is 801 g/mol. The minimum atomic E-state index is -1.16. The smallest absolute Gasteiger partial charge is 0.310 e. The van der Waals surface area contributed by atoms with Gasteiger partial charge in [-0.25, -0.2) is 0 Å². The van der Waals surface area contributed by atoms with E-state index in [4.69, 9.17) is 21.7 Å². The Hall–Kier alpha value is -2.22. The van der Waals surface area contributed by atoms with Gasteiger partial charge in [0, 0.05) is 32.3 Å². The molecule has 3 N–H and O–H groups in total. The maximum Gasteiger partial charge on any atom is 0.310 e. The number of aromatic hydroxyl groups is 1. The lowest BCUT2D eigenvalue weighted by Crippen LogP contribution is -2.50. The first-order valence-corrected chi connectivity index (χ1v) is 22.2. The fourth-order valence-electron chi connectivity index (χ4n) is 7.82. The highest BCUT2D eigenvalue weighted by molar-refractivity contribution is 7.80. The van der Waals surface area contributed by atoms with Crippen LogP contribution in [0.4, 0.5) is 0 Å². The van der Waals surface area contributed by atoms with Crippen LogP contribution in [-0.2, 0) is 25.1 Å². The van der Waals surface area contributed by atoms with Crippen LogP contribution in [0.3, 0.4) is 0 Å². The molecule has 0 bridgehead atoms. The average Bonchev–Trinajstić information content (AvgIpc) is 3.05. The monoisotopic (exact) mass is 801 g/mol. The molecule has 0 fully saturated rings. The summed E-state index contributed by atoms with van der Waals surface area (Å²) in [6, 6.07) is 4.29. The lowest BCUT2D eigenvalue weighted by Gasteiger charge is -2.49. The van der Waals surface area contributed by atoms with E-state index in [1.807, 2.05) is 54.5 Å². The molecule has 0 spiro atoms. The first-order chi connectivity index (χ1) is 25.7. The minimum Gasteiger partial charge on any atom is -0.507 e. The number of carbonyl (C=O) groups is 1. The zero-order chi connectivity index (χ0) is 43.1. The Labute approximate surface area is 349 Å². The molecule has 0 heterocycles. The second-order valence-electron chi connectivity index (χ2n) is 20.3. The summed E-state index contributed by atoms with van der Waals surface area (Å²) in [6.45, 7) is 30.9. The van der Waals surface area contributed by atoms with Crippen LogP contribution >= 0.6 is 12.2 Å². The van der Waals surface area contributed by atoms with Crippen molar-refractivity contribution in [2.75, 3.05) is 6.61 Å². The number of carbonyl (C=O) groups excluding carboxylic acids is 1. The van der Waals surface area contributed by atoms with Crippen LogP contribution in [0, 0.1) is 16.7 Å². The van der Waals surface area contributed by atoms with Crippen LogP contribution < -0.4 is 0 Å². The van der Waals surface area contributed by atoms with Crippen molar-refractivity contribution in [3.05, 3.63) is 52.3 Å². The van der Waals surface area contributed by atoms with Crippen molar-refractivity contribution < 1.29 is 29.6 Å². The molecule has 0 amide bonds. The minimum absolute atomic E-state index is 0.0520. The van der Waals surface area contributed by atoms with E-state index in [-0.39, 0.29) is 52.7 Å². The topological polar surface area (TPSA) is 96.2 Å². The predicted molar refractivity (Wildman–Crippen MR) is 240 cm³/mol. The third kappa shape index (κ3) is 16.9. The molecule has 1 aliphatic carbocycles. The number of ether oxygens (including phenoxy) is 2. The molecule has 0 saturated carbocycles. The van der Waals surface area contributed by atoms with E-state index in [2.05, 4.69) is 60.6 Å². The number of phenols is 1. The molecule has 0 aliphatic heterocycles. The maximum atomic E-state index is 11.7. The van der Waals surface area contributed by atoms with Crippen LogP contribution in [0.15, 0.2) is 35.6 Å². The first kappa shape index (κ1) is 51.8. The Kier molecular flexibility index (Phi) is 21.1. The van der Waals surface area contributed by atoms with Crippen LogP contribution in [0.5, 0.6) is 5.75 Å². The number of aliphatic hydroxyl groups is 2. The number of benzene rings is 1. The number of hydrogen-bond donors (Lipinski definition) is 3. The molecule has 322 valence electrons. The van der Waals surface area contributed by atoms with Gasteiger partial charge < -0.3 is 24.8 Å². The van der Waals surface area contributed by atoms with E-state index in [0.29, 0.717) is 23.0 Å². The van der Waals surface area contributed by atoms with Crippen LogP contribution in [0.2, 0.25) is 0 Å². The molecule has 3 unspecified atom stereocenters. The molecule has 56 heavy (non-hydrogen) atoms. The van der Waals surface area contributed by atoms with Crippen molar-refractivity contribution in [1.82, 2.24) is 0 Å². The van der Waals surface area contributed by atoms with Crippen molar-refractivity contribution in [2.24, 2.45) is 16.7 Å². The third-order valence-electron chi connectivity index (χ3n) is 10.9. The summed E-state index contributed by atoms with van der Waals surface area (Å²) < 4.78 is 11.6. The van der Waals surface area contributed by atoms with E-state index in [1.54, 1.807) is 13.0 Å². The van der Waals surface area contributed by atoms with Crippen molar-refractivity contribution in [3.8, 4) is 5.75 Å². The Bertz CT molecular complexity index is 1390. The Morgan fingerprint density at radius 3 is 1.62 bits per heavy atom. The van der Waals surface area contributed by atoms with Crippen molar-refractivity contribution >= 4 is 23.2 Å². The van der Waals surface area contributed by atoms with Gasteiger partial charge in [0.1, 0.15) is 17.6 Å². The fourth-order valence-corrected chi connectivity index (χ4v) is 7.94. The molecule has 3 atom stereocenters. The molecule has 7 heteroatoms. The number of aliphatic hydroxyl groups excluding tert-OH is 1. The highest BCUT2D eigenvalue weighted by Gasteiger charge is 2.49. The lowest BCUT2D eigenvalue weighted by molar-refractivity contribution is -0.139. The molecule has 6 nitrogen and oxygen atoms in total. The molecule has 0 radical (unpaired) electrons. The molecule has 0 saturated heterocycles. The first-order valence-electron chi connectivity index (χ1n) is 21.8.